The molecular formula is C44H74O16P2. The van der Waals surface area contributed by atoms with Crippen LogP contribution in [0.5, 0.6) is 0 Å². The molecule has 1 saturated carbocycles. The second kappa shape index (κ2) is 34.8. The van der Waals surface area contributed by atoms with Crippen molar-refractivity contribution in [2.75, 3.05) is 26.4 Å². The number of hydrogen-bond acceptors (Lipinski definition) is 13. The van der Waals surface area contributed by atoms with Gasteiger partial charge in [0.1, 0.15) is 18.5 Å². The molecule has 16 nitrogen and oxygen atoms in total. The van der Waals surface area contributed by atoms with Crippen LogP contribution < -0.4 is 0 Å². The van der Waals surface area contributed by atoms with E-state index in [2.05, 4.69) is 59.4 Å². The molecule has 0 aromatic rings. The number of carbonyl (C=O) groups is 3. The van der Waals surface area contributed by atoms with Crippen molar-refractivity contribution in [3.8, 4) is 0 Å². The number of esters is 2. The highest BCUT2D eigenvalue weighted by molar-refractivity contribution is 7.47. The first-order valence-electron chi connectivity index (χ1n) is 22.1. The number of aliphatic hydroxyl groups excluding tert-OH is 3. The molecule has 0 aromatic carbocycles. The molecule has 0 heterocycles. The summed E-state index contributed by atoms with van der Waals surface area (Å²) in [6.07, 6.45) is 28.7. The highest BCUT2D eigenvalue weighted by Gasteiger charge is 2.39. The molecule has 18 heteroatoms. The maximum atomic E-state index is 12.8. The maximum absolute atomic E-state index is 12.8. The summed E-state index contributed by atoms with van der Waals surface area (Å²) in [5.74, 6) is -2.15. The largest absolute Gasteiger partial charge is 0.472 e. The topological polar surface area (TPSA) is 253 Å². The predicted molar refractivity (Wildman–Crippen MR) is 235 cm³/mol. The minimum atomic E-state index is -4.90. The van der Waals surface area contributed by atoms with Crippen molar-refractivity contribution < 1.29 is 76.6 Å². The molecule has 0 spiro atoms. The molecule has 1 unspecified atom stereocenters. The van der Waals surface area contributed by atoms with Crippen LogP contribution in [0.15, 0.2) is 60.8 Å². The van der Waals surface area contributed by atoms with Gasteiger partial charge in [0.15, 0.2) is 6.10 Å². The number of Topliss-reactive ketones (excluding diaryl/α,β-unsaturated/α-hetero) is 1. The van der Waals surface area contributed by atoms with E-state index in [0.29, 0.717) is 32.1 Å². The third-order valence-corrected chi connectivity index (χ3v) is 11.2. The number of hydrogen-bond donors (Lipinski definition) is 6. The molecule has 0 aliphatic heterocycles. The minimum absolute atomic E-state index is 0.0503. The zero-order valence-corrected chi connectivity index (χ0v) is 38.5. The Bertz CT molecular complexity index is 1490. The molecule has 1 rings (SSSR count). The molecular weight excluding hydrogens is 846 g/mol. The molecule has 0 aromatic heterocycles. The van der Waals surface area contributed by atoms with E-state index in [4.69, 9.17) is 23.8 Å². The number of phosphoric acid groups is 2. The fourth-order valence-corrected chi connectivity index (χ4v) is 7.50. The monoisotopic (exact) mass is 920 g/mol. The lowest BCUT2D eigenvalue weighted by molar-refractivity contribution is -0.161. The highest BCUT2D eigenvalue weighted by atomic mass is 31.2. The number of unbranched alkanes of at least 4 members (excludes halogenated alkanes) is 8. The number of phosphoric ester groups is 2. The summed E-state index contributed by atoms with van der Waals surface area (Å²) >= 11 is 0. The van der Waals surface area contributed by atoms with Gasteiger partial charge in [0, 0.05) is 31.1 Å². The lowest BCUT2D eigenvalue weighted by Crippen LogP contribution is -2.29. The first kappa shape index (κ1) is 57.4. The molecule has 0 radical (unpaired) electrons. The van der Waals surface area contributed by atoms with Gasteiger partial charge in [0.05, 0.1) is 32.0 Å². The van der Waals surface area contributed by atoms with Gasteiger partial charge in [-0.3, -0.25) is 28.0 Å². The van der Waals surface area contributed by atoms with Gasteiger partial charge in [0.25, 0.3) is 0 Å². The van der Waals surface area contributed by atoms with E-state index in [1.807, 2.05) is 12.2 Å². The number of ketones is 1. The van der Waals surface area contributed by atoms with Crippen LogP contribution in [0.2, 0.25) is 0 Å². The van der Waals surface area contributed by atoms with E-state index in [0.717, 1.165) is 70.6 Å². The summed E-state index contributed by atoms with van der Waals surface area (Å²) in [6.45, 7) is 1.20. The lowest BCUT2D eigenvalue weighted by atomic mass is 9.90. The van der Waals surface area contributed by atoms with Crippen LogP contribution in [0.25, 0.3) is 0 Å². The third kappa shape index (κ3) is 31.3. The van der Waals surface area contributed by atoms with Crippen LogP contribution in [0.3, 0.4) is 0 Å². The van der Waals surface area contributed by atoms with E-state index < -0.39 is 84.3 Å². The Morgan fingerprint density at radius 3 is 2.05 bits per heavy atom. The van der Waals surface area contributed by atoms with Crippen molar-refractivity contribution in [1.82, 2.24) is 0 Å². The van der Waals surface area contributed by atoms with Crippen LogP contribution in [0.4, 0.5) is 0 Å². The molecule has 1 fully saturated rings. The molecule has 356 valence electrons. The fourth-order valence-electron chi connectivity index (χ4n) is 6.34. The third-order valence-electron chi connectivity index (χ3n) is 9.76. The second-order valence-electron chi connectivity index (χ2n) is 15.4. The van der Waals surface area contributed by atoms with Gasteiger partial charge >= 0.3 is 27.6 Å². The van der Waals surface area contributed by atoms with Crippen molar-refractivity contribution in [1.29, 1.82) is 0 Å². The van der Waals surface area contributed by atoms with Crippen LogP contribution in [0, 0.1) is 11.8 Å². The quantitative estimate of drug-likeness (QED) is 0.0150. The van der Waals surface area contributed by atoms with E-state index >= 15 is 0 Å². The van der Waals surface area contributed by atoms with Gasteiger partial charge < -0.3 is 39.5 Å². The number of ether oxygens (including phenoxy) is 2. The smallest absolute Gasteiger partial charge is 0.462 e. The van der Waals surface area contributed by atoms with E-state index in [-0.39, 0.29) is 31.0 Å². The zero-order valence-electron chi connectivity index (χ0n) is 36.7. The van der Waals surface area contributed by atoms with Crippen molar-refractivity contribution in [3.63, 3.8) is 0 Å². The van der Waals surface area contributed by atoms with Gasteiger partial charge in [-0.1, -0.05) is 113 Å². The number of aliphatic hydroxyl groups is 3. The molecule has 7 atom stereocenters. The van der Waals surface area contributed by atoms with E-state index in [1.54, 1.807) is 12.2 Å². The van der Waals surface area contributed by atoms with Crippen LogP contribution in [0.1, 0.15) is 136 Å². The predicted octanol–water partition coefficient (Wildman–Crippen LogP) is 7.81. The summed E-state index contributed by atoms with van der Waals surface area (Å²) in [5, 5.41) is 30.5. The van der Waals surface area contributed by atoms with Gasteiger partial charge in [0.2, 0.25) is 0 Å². The van der Waals surface area contributed by atoms with Gasteiger partial charge in [-0.05, 0) is 64.2 Å². The standard InChI is InChI=1S/C44H74O16P2/c1-3-5-7-8-9-10-11-12-13-14-15-16-17-18-23-27-43(49)56-34-38(35-59-62(54,55)58-33-37(46)32-57-61(51,52)53)60-44(50)28-24-20-19-22-26-39-40(42(48)31-41(39)47)30-29-36(45)25-21-6-4-2/h5,7,9-10,12-13,19,22,29-30,36-41,45-47H,3-4,6,8,11,14-18,20-21,23-28,31-35H2,1-2H3,(H,54,55)(H2,51,52,53)/b7-5-,10-9-,13-12-,22-19-,30-29+/t36-,37-,38+,39+,40+,41-/m0/s1. The first-order valence-corrected chi connectivity index (χ1v) is 25.1. The molecule has 1 aliphatic rings. The molecule has 0 bridgehead atoms. The van der Waals surface area contributed by atoms with Crippen molar-refractivity contribution in [2.45, 2.75) is 160 Å². The van der Waals surface area contributed by atoms with Crippen molar-refractivity contribution in [2.24, 2.45) is 11.8 Å². The Morgan fingerprint density at radius 1 is 0.726 bits per heavy atom. The van der Waals surface area contributed by atoms with Gasteiger partial charge in [-0.2, -0.15) is 0 Å². The Balaban J connectivity index is 2.60. The van der Waals surface area contributed by atoms with Crippen LogP contribution >= 0.6 is 15.6 Å². The number of carbonyl (C=O) groups excluding carboxylic acids is 3. The second-order valence-corrected chi connectivity index (χ2v) is 18.1. The minimum Gasteiger partial charge on any atom is -0.462 e. The summed E-state index contributed by atoms with van der Waals surface area (Å²) < 4.78 is 47.7. The molecule has 0 amide bonds. The molecule has 62 heavy (non-hydrogen) atoms. The average molecular weight is 921 g/mol. The first-order chi connectivity index (χ1) is 29.6. The summed E-state index contributed by atoms with van der Waals surface area (Å²) in [6, 6.07) is 0. The van der Waals surface area contributed by atoms with E-state index in [1.165, 1.54) is 0 Å². The van der Waals surface area contributed by atoms with Crippen molar-refractivity contribution in [3.05, 3.63) is 60.8 Å². The normalized spacial score (nSPS) is 19.9. The SMILES string of the molecule is CC/C=C\C/C=C\C/C=C\CCCCCCCC(=O)OC[C@H](COP(=O)(O)OC[C@@H](O)COP(=O)(O)O)OC(=O)CCC/C=C\C[C@H]1[C@@H](O)CC(=O)[C@@H]1/C=C/[C@@H](O)CCCCC. The van der Waals surface area contributed by atoms with Crippen LogP contribution in [-0.4, -0.2) is 98.6 Å². The lowest BCUT2D eigenvalue weighted by Gasteiger charge is -2.20. The van der Waals surface area contributed by atoms with Gasteiger partial charge in [-0.25, -0.2) is 9.13 Å². The fraction of sp³-hybridized carbons (Fsp3) is 0.705. The molecule has 0 saturated heterocycles. The average Bonchev–Trinajstić information content (AvgIpc) is 3.49. The van der Waals surface area contributed by atoms with Crippen molar-refractivity contribution >= 4 is 33.4 Å². The Labute approximate surface area is 368 Å². The van der Waals surface area contributed by atoms with Crippen LogP contribution in [-0.2, 0) is 46.6 Å². The molecule has 1 aliphatic carbocycles. The summed E-state index contributed by atoms with van der Waals surface area (Å²) in [4.78, 5) is 65.4. The maximum Gasteiger partial charge on any atom is 0.472 e. The summed E-state index contributed by atoms with van der Waals surface area (Å²) in [5.41, 5.74) is 0. The van der Waals surface area contributed by atoms with Gasteiger partial charge in [-0.15, -0.1) is 0 Å². The number of rotatable bonds is 37. The van der Waals surface area contributed by atoms with E-state index in [9.17, 15) is 43.7 Å². The highest BCUT2D eigenvalue weighted by Crippen LogP contribution is 2.44. The Kier molecular flexibility index (Phi) is 32.2. The Hall–Kier alpha value is -2.59. The zero-order chi connectivity index (χ0) is 46.1. The number of allylic oxidation sites excluding steroid dienone is 9. The Morgan fingerprint density at radius 2 is 1.34 bits per heavy atom. The summed E-state index contributed by atoms with van der Waals surface area (Å²) in [7, 11) is -9.79. The molecule has 6 N–H and O–H groups in total.